The van der Waals surface area contributed by atoms with E-state index in [9.17, 15) is 22.0 Å². The van der Waals surface area contributed by atoms with Crippen molar-refractivity contribution in [2.45, 2.75) is 4.90 Å². The van der Waals surface area contributed by atoms with E-state index in [1.807, 2.05) is 31.1 Å². The molecular formula is C32H30F2N6O4S. The van der Waals surface area contributed by atoms with E-state index in [-0.39, 0.29) is 17.5 Å². The fourth-order valence-electron chi connectivity index (χ4n) is 4.64. The fraction of sp³-hybridized carbons (Fsp3) is 0.156. The van der Waals surface area contributed by atoms with Gasteiger partial charge in [-0.05, 0) is 73.8 Å². The van der Waals surface area contributed by atoms with Crippen LogP contribution in [0.25, 0.3) is 33.2 Å². The molecule has 2 aromatic heterocycles. The Balaban J connectivity index is 1.44. The first-order valence-corrected chi connectivity index (χ1v) is 15.2. The third-order valence-electron chi connectivity index (χ3n) is 6.95. The molecule has 0 atom stereocenters. The first-order chi connectivity index (χ1) is 21.4. The topological polar surface area (TPSA) is 140 Å². The van der Waals surface area contributed by atoms with Crippen LogP contribution in [0.3, 0.4) is 0 Å². The number of methoxy groups -OCH3 is 1. The summed E-state index contributed by atoms with van der Waals surface area (Å²) in [5, 5.41) is 3.63. The highest BCUT2D eigenvalue weighted by Crippen LogP contribution is 2.34. The molecule has 5 aromatic rings. The van der Waals surface area contributed by atoms with E-state index in [1.165, 1.54) is 19.4 Å². The Hall–Kier alpha value is -5.14. The van der Waals surface area contributed by atoms with Gasteiger partial charge in [0.25, 0.3) is 15.9 Å². The SMILES string of the molecule is COc1ncc(-c2ccc3nc(N)c(-c4ccc(C(=O)NCCN(C)C)cc4)cc3c2)cc1NS(=O)(=O)c1ccc(F)cc1F. The van der Waals surface area contributed by atoms with E-state index in [0.29, 0.717) is 46.2 Å². The number of nitrogens with zero attached hydrogens (tertiary/aromatic N) is 3. The van der Waals surface area contributed by atoms with Gasteiger partial charge < -0.3 is 20.7 Å². The van der Waals surface area contributed by atoms with Gasteiger partial charge in [0.1, 0.15) is 28.0 Å². The molecule has 0 unspecified atom stereocenters. The van der Waals surface area contributed by atoms with Crippen molar-refractivity contribution in [1.29, 1.82) is 0 Å². The second kappa shape index (κ2) is 12.8. The highest BCUT2D eigenvalue weighted by atomic mass is 32.2. The van der Waals surface area contributed by atoms with Crippen molar-refractivity contribution >= 4 is 38.3 Å². The van der Waals surface area contributed by atoms with E-state index >= 15 is 0 Å². The van der Waals surface area contributed by atoms with Gasteiger partial charge in [-0.2, -0.15) is 0 Å². The van der Waals surface area contributed by atoms with Crippen LogP contribution in [-0.2, 0) is 10.0 Å². The molecule has 0 radical (unpaired) electrons. The van der Waals surface area contributed by atoms with Gasteiger partial charge in [0, 0.05) is 47.4 Å². The highest BCUT2D eigenvalue weighted by molar-refractivity contribution is 7.92. The number of nitrogens with two attached hydrogens (primary N) is 1. The van der Waals surface area contributed by atoms with Crippen LogP contribution < -0.4 is 20.5 Å². The predicted molar refractivity (Wildman–Crippen MR) is 169 cm³/mol. The minimum absolute atomic E-state index is 0.0409. The largest absolute Gasteiger partial charge is 0.480 e. The first-order valence-electron chi connectivity index (χ1n) is 13.7. The van der Waals surface area contributed by atoms with Gasteiger partial charge in [-0.3, -0.25) is 9.52 Å². The monoisotopic (exact) mass is 632 g/mol. The molecule has 0 saturated carbocycles. The van der Waals surface area contributed by atoms with Crippen LogP contribution in [0.2, 0.25) is 0 Å². The summed E-state index contributed by atoms with van der Waals surface area (Å²) >= 11 is 0. The maximum Gasteiger partial charge on any atom is 0.264 e. The number of halogens is 2. The third kappa shape index (κ3) is 7.00. The number of rotatable bonds is 10. The molecule has 4 N–H and O–H groups in total. The maximum atomic E-state index is 14.3. The summed E-state index contributed by atoms with van der Waals surface area (Å²) in [6.07, 6.45) is 1.50. The quantitative estimate of drug-likeness (QED) is 0.197. The lowest BCUT2D eigenvalue weighted by Gasteiger charge is -2.14. The molecular weight excluding hydrogens is 602 g/mol. The molecule has 5 rings (SSSR count). The fourth-order valence-corrected chi connectivity index (χ4v) is 5.75. The van der Waals surface area contributed by atoms with Crippen LogP contribution in [0.15, 0.2) is 83.9 Å². The molecule has 2 heterocycles. The van der Waals surface area contributed by atoms with Gasteiger partial charge in [0.15, 0.2) is 0 Å². The summed E-state index contributed by atoms with van der Waals surface area (Å²) < 4.78 is 61.1. The second-order valence-electron chi connectivity index (χ2n) is 10.4. The molecule has 0 bridgehead atoms. The molecule has 0 aliphatic heterocycles. The van der Waals surface area contributed by atoms with Crippen LogP contribution in [0.5, 0.6) is 5.88 Å². The number of nitrogen functional groups attached to an aromatic ring is 1. The summed E-state index contributed by atoms with van der Waals surface area (Å²) in [6, 6.07) is 18.0. The maximum absolute atomic E-state index is 14.3. The average Bonchev–Trinajstić information content (AvgIpc) is 3.00. The molecule has 0 aliphatic rings. The number of hydrogen-bond donors (Lipinski definition) is 3. The number of carbonyl (C=O) groups excluding carboxylic acids is 1. The summed E-state index contributed by atoms with van der Waals surface area (Å²) in [5.74, 6) is -2.04. The summed E-state index contributed by atoms with van der Waals surface area (Å²) in [4.78, 5) is 22.5. The Morgan fingerprint density at radius 2 is 1.69 bits per heavy atom. The number of fused-ring (bicyclic) bond motifs is 1. The number of ether oxygens (including phenoxy) is 1. The van der Waals surface area contributed by atoms with Crippen molar-refractivity contribution in [1.82, 2.24) is 20.2 Å². The number of benzene rings is 3. The normalized spacial score (nSPS) is 11.5. The zero-order chi connectivity index (χ0) is 32.3. The van der Waals surface area contributed by atoms with Crippen LogP contribution in [0.4, 0.5) is 20.3 Å². The van der Waals surface area contributed by atoms with E-state index < -0.39 is 26.6 Å². The van der Waals surface area contributed by atoms with Gasteiger partial charge >= 0.3 is 0 Å². The molecule has 0 aliphatic carbocycles. The summed E-state index contributed by atoms with van der Waals surface area (Å²) in [7, 11) is 0.734. The zero-order valence-electron chi connectivity index (χ0n) is 24.6. The van der Waals surface area contributed by atoms with Gasteiger partial charge in [-0.15, -0.1) is 0 Å². The van der Waals surface area contributed by atoms with E-state index in [2.05, 4.69) is 20.0 Å². The standard InChI is InChI=1S/C32H30F2N6O4S/c1-40(2)13-12-36-31(41)20-6-4-19(5-7-20)25-15-22-14-21(8-10-27(22)38-30(25)35)23-16-28(32(44-3)37-18-23)39-45(42,43)29-11-9-24(33)17-26(29)34/h4-11,14-18,39H,12-13H2,1-3H3,(H2,35,38)(H,36,41). The van der Waals surface area contributed by atoms with Gasteiger partial charge in [-0.25, -0.2) is 27.2 Å². The van der Waals surface area contributed by atoms with Gasteiger partial charge in [-0.1, -0.05) is 18.2 Å². The molecule has 0 saturated heterocycles. The molecule has 10 nitrogen and oxygen atoms in total. The molecule has 3 aromatic carbocycles. The van der Waals surface area contributed by atoms with E-state index in [4.69, 9.17) is 10.5 Å². The number of amides is 1. The number of sulfonamides is 1. The Morgan fingerprint density at radius 1 is 0.956 bits per heavy atom. The highest BCUT2D eigenvalue weighted by Gasteiger charge is 2.22. The summed E-state index contributed by atoms with van der Waals surface area (Å²) in [6.45, 7) is 1.26. The Labute approximate surface area is 258 Å². The lowest BCUT2D eigenvalue weighted by molar-refractivity contribution is 0.0951. The lowest BCUT2D eigenvalue weighted by atomic mass is 10.00. The van der Waals surface area contributed by atoms with Crippen LogP contribution in [0, 0.1) is 11.6 Å². The lowest BCUT2D eigenvalue weighted by Crippen LogP contribution is -2.31. The van der Waals surface area contributed by atoms with Crippen molar-refractivity contribution in [3.05, 3.63) is 96.2 Å². The minimum Gasteiger partial charge on any atom is -0.480 e. The summed E-state index contributed by atoms with van der Waals surface area (Å²) in [5.41, 5.74) is 10.1. The van der Waals surface area contributed by atoms with Crippen molar-refractivity contribution in [3.8, 4) is 28.1 Å². The van der Waals surface area contributed by atoms with Gasteiger partial charge in [0.2, 0.25) is 5.88 Å². The number of anilines is 2. The molecule has 232 valence electrons. The van der Waals surface area contributed by atoms with Crippen molar-refractivity contribution in [2.75, 3.05) is 44.8 Å². The third-order valence-corrected chi connectivity index (χ3v) is 8.35. The number of carbonyl (C=O) groups is 1. The van der Waals surface area contributed by atoms with Crippen LogP contribution >= 0.6 is 0 Å². The average molecular weight is 633 g/mol. The second-order valence-corrected chi connectivity index (χ2v) is 12.1. The van der Waals surface area contributed by atoms with Gasteiger partial charge in [0.05, 0.1) is 12.6 Å². The van der Waals surface area contributed by atoms with Crippen molar-refractivity contribution in [2.24, 2.45) is 0 Å². The molecule has 13 heteroatoms. The van der Waals surface area contributed by atoms with E-state index in [0.717, 1.165) is 29.6 Å². The number of hydrogen-bond acceptors (Lipinski definition) is 8. The van der Waals surface area contributed by atoms with Crippen molar-refractivity contribution < 1.29 is 26.7 Å². The number of aromatic nitrogens is 2. The molecule has 1 amide bonds. The predicted octanol–water partition coefficient (Wildman–Crippen LogP) is 4.93. The molecule has 0 fully saturated rings. The van der Waals surface area contributed by atoms with Crippen LogP contribution in [-0.4, -0.2) is 63.5 Å². The van der Waals surface area contributed by atoms with Crippen molar-refractivity contribution in [3.63, 3.8) is 0 Å². The first kappa shape index (κ1) is 31.3. The number of likely N-dealkylation sites (N-methyl/N-ethyl adjacent to an activating group) is 1. The smallest absolute Gasteiger partial charge is 0.264 e. The Kier molecular flexibility index (Phi) is 8.93. The van der Waals surface area contributed by atoms with E-state index in [1.54, 1.807) is 36.4 Å². The van der Waals surface area contributed by atoms with Crippen LogP contribution in [0.1, 0.15) is 10.4 Å². The molecule has 45 heavy (non-hydrogen) atoms. The Bertz CT molecular complexity index is 2000. The zero-order valence-corrected chi connectivity index (χ0v) is 25.5. The number of nitrogens with one attached hydrogen (secondary N) is 2. The number of pyridine rings is 2. The Morgan fingerprint density at radius 3 is 2.38 bits per heavy atom. The molecule has 0 spiro atoms. The minimum atomic E-state index is -4.45.